The molecule has 0 fully saturated rings. The monoisotopic (exact) mass is 324 g/mol. The number of phenolic OH excluding ortho intramolecular Hbond substituents is 1. The largest absolute Gasteiger partial charge is 0.504 e. The lowest BCUT2D eigenvalue weighted by Crippen LogP contribution is -2.47. The van der Waals surface area contributed by atoms with Crippen molar-refractivity contribution in [3.8, 4) is 11.5 Å². The van der Waals surface area contributed by atoms with Crippen LogP contribution >= 0.6 is 0 Å². The van der Waals surface area contributed by atoms with E-state index in [1.165, 1.54) is 18.2 Å². The van der Waals surface area contributed by atoms with Crippen LogP contribution in [0.5, 0.6) is 11.5 Å². The summed E-state index contributed by atoms with van der Waals surface area (Å²) in [6.45, 7) is 1.36. The van der Waals surface area contributed by atoms with Gasteiger partial charge < -0.3 is 19.6 Å². The highest BCUT2D eigenvalue weighted by atomic mass is 16.5. The van der Waals surface area contributed by atoms with E-state index in [0.717, 1.165) is 18.7 Å². The van der Waals surface area contributed by atoms with Gasteiger partial charge in [0, 0.05) is 26.2 Å². The van der Waals surface area contributed by atoms with Gasteiger partial charge in [-0.3, -0.25) is 4.79 Å². The molecule has 1 atom stereocenters. The number of nitrogens with zero attached hydrogens (tertiary/aromatic N) is 2. The highest BCUT2D eigenvalue weighted by molar-refractivity contribution is 6.01. The van der Waals surface area contributed by atoms with Crippen LogP contribution in [0.15, 0.2) is 36.4 Å². The Morgan fingerprint density at radius 1 is 1.21 bits per heavy atom. The summed E-state index contributed by atoms with van der Waals surface area (Å²) >= 11 is 0. The van der Waals surface area contributed by atoms with Crippen molar-refractivity contribution in [1.29, 1.82) is 0 Å². The quantitative estimate of drug-likeness (QED) is 0.875. The van der Waals surface area contributed by atoms with Gasteiger partial charge in [0.15, 0.2) is 11.5 Å². The maximum atomic E-state index is 13.2. The Morgan fingerprint density at radius 3 is 2.71 bits per heavy atom. The highest BCUT2D eigenvalue weighted by Crippen LogP contribution is 2.38. The summed E-state index contributed by atoms with van der Waals surface area (Å²) in [6.07, 6.45) is 0.851. The fourth-order valence-corrected chi connectivity index (χ4v) is 3.77. The zero-order valence-electron chi connectivity index (χ0n) is 13.8. The predicted molar refractivity (Wildman–Crippen MR) is 91.7 cm³/mol. The van der Waals surface area contributed by atoms with Crippen LogP contribution < -0.4 is 9.64 Å². The summed E-state index contributed by atoms with van der Waals surface area (Å²) in [5.41, 5.74) is 3.84. The number of hydrogen-bond donors (Lipinski definition) is 1. The Bertz CT molecular complexity index is 818. The third kappa shape index (κ3) is 2.19. The molecule has 2 aliphatic heterocycles. The van der Waals surface area contributed by atoms with Gasteiger partial charge in [0.2, 0.25) is 0 Å². The van der Waals surface area contributed by atoms with E-state index >= 15 is 0 Å². The number of rotatable bonds is 1. The fraction of sp³-hybridized carbons (Fsp3) is 0.316. The molecule has 2 aliphatic rings. The fourth-order valence-electron chi connectivity index (χ4n) is 3.77. The second-order valence-corrected chi connectivity index (χ2v) is 6.48. The molecule has 0 bridgehead atoms. The van der Waals surface area contributed by atoms with E-state index in [0.29, 0.717) is 17.9 Å². The summed E-state index contributed by atoms with van der Waals surface area (Å²) in [6, 6.07) is 11.7. The van der Waals surface area contributed by atoms with Crippen molar-refractivity contribution >= 4 is 11.6 Å². The summed E-state index contributed by atoms with van der Waals surface area (Å²) < 4.78 is 5.19. The molecule has 1 unspecified atom stereocenters. The Balaban J connectivity index is 1.80. The molecule has 1 amide bonds. The second-order valence-electron chi connectivity index (χ2n) is 6.48. The van der Waals surface area contributed by atoms with Crippen LogP contribution in [-0.4, -0.2) is 42.7 Å². The molecule has 0 spiro atoms. The lowest BCUT2D eigenvalue weighted by molar-refractivity contribution is 0.0657. The van der Waals surface area contributed by atoms with Crippen LogP contribution in [0.2, 0.25) is 0 Å². The minimum Gasteiger partial charge on any atom is -0.504 e. The average molecular weight is 324 g/mol. The highest BCUT2D eigenvalue weighted by Gasteiger charge is 2.36. The van der Waals surface area contributed by atoms with Crippen molar-refractivity contribution in [2.45, 2.75) is 19.0 Å². The van der Waals surface area contributed by atoms with E-state index in [9.17, 15) is 9.90 Å². The van der Waals surface area contributed by atoms with Gasteiger partial charge >= 0.3 is 0 Å². The van der Waals surface area contributed by atoms with Crippen LogP contribution in [0.3, 0.4) is 0 Å². The van der Waals surface area contributed by atoms with E-state index in [1.54, 1.807) is 12.1 Å². The van der Waals surface area contributed by atoms with Crippen molar-refractivity contribution in [3.63, 3.8) is 0 Å². The van der Waals surface area contributed by atoms with Crippen LogP contribution in [0.25, 0.3) is 0 Å². The molecular formula is C19H20N2O3. The summed E-state index contributed by atoms with van der Waals surface area (Å²) in [5.74, 6) is 0.373. The van der Waals surface area contributed by atoms with Crippen molar-refractivity contribution in [2.24, 2.45) is 0 Å². The van der Waals surface area contributed by atoms with Gasteiger partial charge in [0.1, 0.15) is 0 Å². The number of likely N-dealkylation sites (N-methyl/N-ethyl adjacent to an activating group) is 1. The molecule has 0 saturated carbocycles. The van der Waals surface area contributed by atoms with Crippen molar-refractivity contribution < 1.29 is 14.6 Å². The maximum Gasteiger partial charge on any atom is 0.256 e. The number of carbonyl (C=O) groups is 1. The van der Waals surface area contributed by atoms with Crippen LogP contribution in [0.4, 0.5) is 5.69 Å². The zero-order valence-corrected chi connectivity index (χ0v) is 13.8. The molecule has 124 valence electrons. The van der Waals surface area contributed by atoms with Gasteiger partial charge in [-0.15, -0.1) is 0 Å². The molecule has 2 aromatic carbocycles. The minimum atomic E-state index is -0.00727. The zero-order chi connectivity index (χ0) is 16.8. The Hall–Kier alpha value is -2.69. The molecule has 0 aromatic heterocycles. The number of benzene rings is 2. The molecule has 0 radical (unpaired) electrons. The van der Waals surface area contributed by atoms with Crippen LogP contribution in [-0.2, 0) is 13.0 Å². The second kappa shape index (κ2) is 5.44. The van der Waals surface area contributed by atoms with E-state index in [2.05, 4.69) is 12.1 Å². The molecule has 0 saturated heterocycles. The van der Waals surface area contributed by atoms with E-state index in [-0.39, 0.29) is 17.7 Å². The molecule has 0 aliphatic carbocycles. The number of phenols is 1. The standard InChI is InChI=1S/C19H20N2O3/c1-20-11-14-7-12-5-3-4-6-13(12)10-21(14)19(23)15-8-18(24-2)17(22)9-16(15)20/h3-6,8-9,14,22H,7,10-11H2,1-2H3. The van der Waals surface area contributed by atoms with Crippen molar-refractivity contribution in [1.82, 2.24) is 4.90 Å². The number of ether oxygens (including phenoxy) is 1. The van der Waals surface area contributed by atoms with Gasteiger partial charge in [-0.25, -0.2) is 0 Å². The van der Waals surface area contributed by atoms with Crippen LogP contribution in [0, 0.1) is 0 Å². The van der Waals surface area contributed by atoms with Gasteiger partial charge in [0.25, 0.3) is 5.91 Å². The first-order chi connectivity index (χ1) is 11.6. The average Bonchev–Trinajstić information content (AvgIpc) is 2.68. The van der Waals surface area contributed by atoms with Crippen LogP contribution in [0.1, 0.15) is 21.5 Å². The molecule has 2 aromatic rings. The lowest BCUT2D eigenvalue weighted by Gasteiger charge is -2.36. The Kier molecular flexibility index (Phi) is 3.37. The first kappa shape index (κ1) is 14.9. The molecule has 5 nitrogen and oxygen atoms in total. The third-order valence-electron chi connectivity index (χ3n) is 5.04. The number of methoxy groups -OCH3 is 1. The van der Waals surface area contributed by atoms with E-state index < -0.39 is 0 Å². The van der Waals surface area contributed by atoms with Crippen molar-refractivity contribution in [3.05, 3.63) is 53.1 Å². The predicted octanol–water partition coefficient (Wildman–Crippen LogP) is 2.42. The number of carbonyl (C=O) groups excluding carboxylic acids is 1. The molecule has 1 N–H and O–H groups in total. The number of aromatic hydroxyl groups is 1. The van der Waals surface area contributed by atoms with Crippen molar-refractivity contribution in [2.75, 3.05) is 25.6 Å². The normalized spacial score (nSPS) is 19.2. The van der Waals surface area contributed by atoms with Gasteiger partial charge in [0.05, 0.1) is 24.4 Å². The number of amides is 1. The first-order valence-corrected chi connectivity index (χ1v) is 8.08. The summed E-state index contributed by atoms with van der Waals surface area (Å²) in [4.78, 5) is 17.2. The summed E-state index contributed by atoms with van der Waals surface area (Å²) in [5, 5.41) is 10.1. The number of anilines is 1. The maximum absolute atomic E-state index is 13.2. The number of hydrogen-bond acceptors (Lipinski definition) is 4. The third-order valence-corrected chi connectivity index (χ3v) is 5.04. The molecule has 2 heterocycles. The number of fused-ring (bicyclic) bond motifs is 3. The topological polar surface area (TPSA) is 53.0 Å². The van der Waals surface area contributed by atoms with Gasteiger partial charge in [-0.05, 0) is 23.6 Å². The van der Waals surface area contributed by atoms with Gasteiger partial charge in [-0.2, -0.15) is 0 Å². The smallest absolute Gasteiger partial charge is 0.256 e. The molecule has 5 heteroatoms. The lowest BCUT2D eigenvalue weighted by atomic mass is 9.93. The molecule has 4 rings (SSSR count). The SMILES string of the molecule is COc1cc2c(cc1O)N(C)CC1Cc3ccccc3CN1C2=O. The molecule has 24 heavy (non-hydrogen) atoms. The molecular weight excluding hydrogens is 304 g/mol. The Labute approximate surface area is 141 Å². The van der Waals surface area contributed by atoms with E-state index in [1.807, 2.05) is 29.0 Å². The van der Waals surface area contributed by atoms with E-state index in [4.69, 9.17) is 4.74 Å². The first-order valence-electron chi connectivity index (χ1n) is 8.08. The summed E-state index contributed by atoms with van der Waals surface area (Å²) in [7, 11) is 3.45. The van der Waals surface area contributed by atoms with Gasteiger partial charge in [-0.1, -0.05) is 24.3 Å². The Morgan fingerprint density at radius 2 is 1.96 bits per heavy atom. The minimum absolute atomic E-state index is 0.00727.